The van der Waals surface area contributed by atoms with Crippen molar-refractivity contribution in [3.8, 4) is 34.1 Å². The quantitative estimate of drug-likeness (QED) is 0.135. The minimum absolute atomic E-state index is 0. The molecule has 0 unspecified atom stereocenters. The molecule has 5 aromatic rings. The molecule has 2 aromatic heterocycles. The second-order valence-electron chi connectivity index (χ2n) is 11.5. The molecule has 0 saturated carbocycles. The van der Waals surface area contributed by atoms with Crippen LogP contribution in [0.5, 0.6) is 11.6 Å². The van der Waals surface area contributed by atoms with Crippen molar-refractivity contribution in [2.24, 2.45) is 0 Å². The van der Waals surface area contributed by atoms with E-state index in [4.69, 9.17) is 9.72 Å². The molecule has 5 heteroatoms. The molecular weight excluding hydrogens is 708 g/mol. The fraction of sp³-hybridized carbons (Fsp3) is 0.212. The molecule has 0 spiro atoms. The van der Waals surface area contributed by atoms with E-state index in [0.29, 0.717) is 11.6 Å². The maximum Gasteiger partial charge on any atom is 2.00 e. The first-order chi connectivity index (χ1) is 17.6. The van der Waals surface area contributed by atoms with Gasteiger partial charge in [-0.2, -0.15) is 0 Å². The van der Waals surface area contributed by atoms with Crippen molar-refractivity contribution >= 4 is 28.4 Å². The van der Waals surface area contributed by atoms with E-state index in [1.165, 1.54) is 15.3 Å². The fourth-order valence-corrected chi connectivity index (χ4v) is 6.77. The van der Waals surface area contributed by atoms with Crippen LogP contribution in [0.2, 0.25) is 17.3 Å². The molecule has 0 atom stereocenters. The number of ether oxygens (including phenoxy) is 1. The predicted molar refractivity (Wildman–Crippen MR) is 156 cm³/mol. The molecule has 194 valence electrons. The molecule has 38 heavy (non-hydrogen) atoms. The van der Waals surface area contributed by atoms with Gasteiger partial charge < -0.3 is 0 Å². The van der Waals surface area contributed by atoms with E-state index in [-0.39, 0.29) is 26.5 Å². The normalized spacial score (nSPS) is 11.7. The zero-order chi connectivity index (χ0) is 26.2. The second kappa shape index (κ2) is 11.2. The maximum absolute atomic E-state index is 6.35. The summed E-state index contributed by atoms with van der Waals surface area (Å²) in [6.07, 6.45) is 1.79. The van der Waals surface area contributed by atoms with E-state index in [0.717, 1.165) is 27.9 Å². The number of hydrogen-bond acceptors (Lipinski definition) is 3. The molecular formula is C33H32GeN2OPt. The molecule has 0 fully saturated rings. The zero-order valence-corrected chi connectivity index (χ0v) is 27.1. The van der Waals surface area contributed by atoms with Crippen molar-refractivity contribution in [2.75, 3.05) is 0 Å². The molecule has 5 rings (SSSR count). The van der Waals surface area contributed by atoms with Gasteiger partial charge in [0.2, 0.25) is 0 Å². The Kier molecular flexibility index (Phi) is 8.30. The second-order valence-corrected chi connectivity index (χ2v) is 22.1. The largest absolute Gasteiger partial charge is 2.00 e. The number of aromatic nitrogens is 2. The third-order valence-electron chi connectivity index (χ3n) is 6.45. The van der Waals surface area contributed by atoms with E-state index in [9.17, 15) is 0 Å². The number of hydrogen-bond donors (Lipinski definition) is 0. The summed E-state index contributed by atoms with van der Waals surface area (Å²) in [6, 6.07) is 33.8. The third-order valence-corrected chi connectivity index (χ3v) is 10.7. The first-order valence-corrected chi connectivity index (χ1v) is 20.0. The van der Waals surface area contributed by atoms with E-state index in [1.54, 1.807) is 6.20 Å². The molecule has 0 saturated heterocycles. The Labute approximate surface area is 243 Å². The SMILES string of the molecule is CC(C)(C)c1cc(-c2c[c]([Ge]([CH3])([CH3])[CH3])cc(Oc3[c-]c(-c4ccccn4)ccc3)n2)[c-]c2ccccc12.[Pt+2]. The van der Waals surface area contributed by atoms with Crippen LogP contribution in [0.3, 0.4) is 0 Å². The summed E-state index contributed by atoms with van der Waals surface area (Å²) in [4.78, 5) is 9.44. The van der Waals surface area contributed by atoms with Gasteiger partial charge in [0.1, 0.15) is 0 Å². The van der Waals surface area contributed by atoms with E-state index in [1.807, 2.05) is 36.4 Å². The number of rotatable bonds is 5. The topological polar surface area (TPSA) is 35.0 Å². The van der Waals surface area contributed by atoms with Crippen LogP contribution in [-0.2, 0) is 26.5 Å². The maximum atomic E-state index is 6.35. The van der Waals surface area contributed by atoms with Gasteiger partial charge in [0.05, 0.1) is 0 Å². The summed E-state index contributed by atoms with van der Waals surface area (Å²) < 4.78 is 7.68. The van der Waals surface area contributed by atoms with Crippen LogP contribution in [-0.4, -0.2) is 23.2 Å². The number of nitrogens with zero attached hydrogens (tertiary/aromatic N) is 2. The van der Waals surface area contributed by atoms with Gasteiger partial charge in [0, 0.05) is 0 Å². The molecule has 0 radical (unpaired) electrons. The van der Waals surface area contributed by atoms with Crippen molar-refractivity contribution in [1.29, 1.82) is 0 Å². The third kappa shape index (κ3) is 6.27. The Morgan fingerprint density at radius 2 is 1.53 bits per heavy atom. The van der Waals surface area contributed by atoms with Gasteiger partial charge in [0.25, 0.3) is 0 Å². The van der Waals surface area contributed by atoms with Crippen LogP contribution >= 0.6 is 0 Å². The summed E-state index contributed by atoms with van der Waals surface area (Å²) in [7, 11) is 0. The average Bonchev–Trinajstić information content (AvgIpc) is 2.87. The Hall–Kier alpha value is -2.75. The summed E-state index contributed by atoms with van der Waals surface area (Å²) >= 11 is -2.22. The molecule has 0 aliphatic rings. The van der Waals surface area contributed by atoms with Gasteiger partial charge in [-0.1, -0.05) is 0 Å². The van der Waals surface area contributed by atoms with E-state index < -0.39 is 13.3 Å². The minimum Gasteiger partial charge on any atom is 2.00 e. The van der Waals surface area contributed by atoms with Gasteiger partial charge in [0.15, 0.2) is 0 Å². The van der Waals surface area contributed by atoms with Crippen LogP contribution in [0, 0.1) is 12.1 Å². The van der Waals surface area contributed by atoms with Gasteiger partial charge in [-0.25, -0.2) is 0 Å². The smallest absolute Gasteiger partial charge is 2.00 e. The summed E-state index contributed by atoms with van der Waals surface area (Å²) in [6.45, 7) is 6.77. The van der Waals surface area contributed by atoms with E-state index >= 15 is 0 Å². The van der Waals surface area contributed by atoms with Crippen molar-refractivity contribution in [1.82, 2.24) is 9.97 Å². The summed E-state index contributed by atoms with van der Waals surface area (Å²) in [5, 5.41) is 2.34. The van der Waals surface area contributed by atoms with Crippen LogP contribution < -0.4 is 9.13 Å². The minimum atomic E-state index is -2.22. The predicted octanol–water partition coefficient (Wildman–Crippen LogP) is 8.20. The first-order valence-electron chi connectivity index (χ1n) is 12.7. The van der Waals surface area contributed by atoms with Crippen molar-refractivity contribution in [3.05, 3.63) is 103 Å². The number of pyridine rings is 2. The Bertz CT molecular complexity index is 1570. The van der Waals surface area contributed by atoms with Crippen molar-refractivity contribution in [3.63, 3.8) is 0 Å². The summed E-state index contributed by atoms with van der Waals surface area (Å²) in [5.41, 5.74) is 4.92. The Morgan fingerprint density at radius 3 is 2.24 bits per heavy atom. The molecule has 0 aliphatic carbocycles. The number of fused-ring (bicyclic) bond motifs is 1. The van der Waals surface area contributed by atoms with Gasteiger partial charge in [-0.3, -0.25) is 0 Å². The van der Waals surface area contributed by atoms with Gasteiger partial charge >= 0.3 is 245 Å². The average molecular weight is 740 g/mol. The molecule has 0 bridgehead atoms. The molecule has 3 aromatic carbocycles. The standard InChI is InChI=1S/C33H32GeN2O.Pt/c1-33(2,3)29-20-25(18-23-12-7-8-15-28(23)29)31-21-26(34(4,5)6)22-32(36-31)37-27-14-11-13-24(19-27)30-16-9-10-17-35-30;/h7-17,20-22H,1-6H3;/q-2;+2. The van der Waals surface area contributed by atoms with Gasteiger partial charge in [-0.05, 0) is 0 Å². The number of benzene rings is 3. The molecule has 3 nitrogen and oxygen atoms in total. The Morgan fingerprint density at radius 1 is 0.763 bits per heavy atom. The molecule has 2 heterocycles. The van der Waals surface area contributed by atoms with Gasteiger partial charge in [-0.15, -0.1) is 0 Å². The monoisotopic (exact) mass is 741 g/mol. The van der Waals surface area contributed by atoms with Crippen LogP contribution in [0.4, 0.5) is 0 Å². The Balaban J connectivity index is 0.00000336. The van der Waals surface area contributed by atoms with Crippen molar-refractivity contribution in [2.45, 2.75) is 43.5 Å². The van der Waals surface area contributed by atoms with Crippen molar-refractivity contribution < 1.29 is 25.8 Å². The fourth-order valence-electron chi connectivity index (χ4n) is 4.41. The van der Waals surface area contributed by atoms with Crippen LogP contribution in [0.1, 0.15) is 26.3 Å². The summed E-state index contributed by atoms with van der Waals surface area (Å²) in [5.74, 6) is 8.38. The molecule has 0 aliphatic heterocycles. The van der Waals surface area contributed by atoms with Crippen LogP contribution in [0.25, 0.3) is 33.3 Å². The molecule has 0 amide bonds. The van der Waals surface area contributed by atoms with E-state index in [2.05, 4.69) is 97.6 Å². The zero-order valence-electron chi connectivity index (χ0n) is 22.7. The first kappa shape index (κ1) is 28.3. The van der Waals surface area contributed by atoms with Crippen LogP contribution in [0.15, 0.2) is 85.1 Å². The molecule has 0 N–H and O–H groups in total.